The predicted octanol–water partition coefficient (Wildman–Crippen LogP) is 4.80. The number of ketones is 1. The molecule has 1 aromatic rings. The van der Waals surface area contributed by atoms with Gasteiger partial charge in [-0.3, -0.25) is 0 Å². The summed E-state index contributed by atoms with van der Waals surface area (Å²) in [6.07, 6.45) is 14.0. The standard InChI is InChI=1S/C22H37NO/c1-3-4-5-6-7-8-9-10-13-21-14-16-22(17-15-21)19-23-18-11-12-20(2)24/h14-17,23H,3-13,18-19H2,1-2H3/p+1. The fraction of sp³-hybridized carbons (Fsp3) is 0.682. The summed E-state index contributed by atoms with van der Waals surface area (Å²) >= 11 is 0. The molecule has 136 valence electrons. The quantitative estimate of drug-likeness (QED) is 0.460. The van der Waals surface area contributed by atoms with Crippen molar-refractivity contribution in [3.05, 3.63) is 35.4 Å². The topological polar surface area (TPSA) is 33.7 Å². The number of rotatable bonds is 15. The van der Waals surface area contributed by atoms with E-state index in [4.69, 9.17) is 0 Å². The third-order valence-electron chi connectivity index (χ3n) is 4.66. The van der Waals surface area contributed by atoms with E-state index in [9.17, 15) is 4.79 Å². The Morgan fingerprint density at radius 3 is 2.04 bits per heavy atom. The van der Waals surface area contributed by atoms with Crippen molar-refractivity contribution in [1.29, 1.82) is 0 Å². The minimum Gasteiger partial charge on any atom is -0.342 e. The molecular weight excluding hydrogens is 294 g/mol. The number of aryl methyl sites for hydroxylation is 1. The van der Waals surface area contributed by atoms with E-state index in [1.807, 2.05) is 0 Å². The van der Waals surface area contributed by atoms with Crippen molar-refractivity contribution in [2.75, 3.05) is 6.54 Å². The van der Waals surface area contributed by atoms with E-state index in [0.29, 0.717) is 12.2 Å². The van der Waals surface area contributed by atoms with Gasteiger partial charge in [-0.15, -0.1) is 0 Å². The Bertz CT molecular complexity index is 424. The molecule has 0 fully saturated rings. The number of unbranched alkanes of at least 4 members (excludes halogenated alkanes) is 7. The number of carbonyl (C=O) groups is 1. The van der Waals surface area contributed by atoms with Crippen molar-refractivity contribution < 1.29 is 10.1 Å². The van der Waals surface area contributed by atoms with Crippen LogP contribution in [0.25, 0.3) is 0 Å². The van der Waals surface area contributed by atoms with Crippen molar-refractivity contribution >= 4 is 5.78 Å². The zero-order valence-corrected chi connectivity index (χ0v) is 16.0. The molecule has 0 radical (unpaired) electrons. The Kier molecular flexibility index (Phi) is 12.4. The first kappa shape index (κ1) is 20.9. The largest absolute Gasteiger partial charge is 0.342 e. The number of quaternary nitrogens is 1. The van der Waals surface area contributed by atoms with Crippen molar-refractivity contribution in [3.63, 3.8) is 0 Å². The Balaban J connectivity index is 2.04. The highest BCUT2D eigenvalue weighted by molar-refractivity contribution is 5.75. The van der Waals surface area contributed by atoms with E-state index in [2.05, 4.69) is 36.5 Å². The van der Waals surface area contributed by atoms with Gasteiger partial charge in [-0.25, -0.2) is 0 Å². The van der Waals surface area contributed by atoms with Gasteiger partial charge < -0.3 is 10.1 Å². The van der Waals surface area contributed by atoms with Crippen LogP contribution in [0.3, 0.4) is 0 Å². The van der Waals surface area contributed by atoms with Crippen molar-refractivity contribution in [2.24, 2.45) is 0 Å². The van der Waals surface area contributed by atoms with E-state index < -0.39 is 0 Å². The maximum Gasteiger partial charge on any atom is 0.130 e. The van der Waals surface area contributed by atoms with Gasteiger partial charge in [0.05, 0.1) is 6.54 Å². The Morgan fingerprint density at radius 2 is 1.42 bits per heavy atom. The van der Waals surface area contributed by atoms with Crippen LogP contribution < -0.4 is 5.32 Å². The van der Waals surface area contributed by atoms with Crippen molar-refractivity contribution in [2.45, 2.75) is 91.0 Å². The van der Waals surface area contributed by atoms with Crippen LogP contribution in [0.2, 0.25) is 0 Å². The first-order chi connectivity index (χ1) is 11.7. The summed E-state index contributed by atoms with van der Waals surface area (Å²) in [6, 6.07) is 9.11. The normalized spacial score (nSPS) is 10.9. The zero-order valence-electron chi connectivity index (χ0n) is 16.0. The van der Waals surface area contributed by atoms with Gasteiger partial charge >= 0.3 is 0 Å². The first-order valence-corrected chi connectivity index (χ1v) is 10.1. The second-order valence-electron chi connectivity index (χ2n) is 7.13. The van der Waals surface area contributed by atoms with Crippen molar-refractivity contribution in [3.8, 4) is 0 Å². The lowest BCUT2D eigenvalue weighted by Crippen LogP contribution is -2.82. The monoisotopic (exact) mass is 332 g/mol. The molecule has 0 aliphatic heterocycles. The molecule has 0 aliphatic rings. The van der Waals surface area contributed by atoms with Gasteiger partial charge in [0.1, 0.15) is 12.3 Å². The van der Waals surface area contributed by atoms with E-state index in [-0.39, 0.29) is 0 Å². The maximum absolute atomic E-state index is 10.9. The molecule has 24 heavy (non-hydrogen) atoms. The highest BCUT2D eigenvalue weighted by atomic mass is 16.1. The molecule has 0 aliphatic carbocycles. The summed E-state index contributed by atoms with van der Waals surface area (Å²) in [4.78, 5) is 10.9. The lowest BCUT2D eigenvalue weighted by atomic mass is 10.0. The molecule has 1 rings (SSSR count). The number of nitrogens with two attached hydrogens (primary N) is 1. The molecule has 1 aromatic carbocycles. The predicted molar refractivity (Wildman–Crippen MR) is 103 cm³/mol. The van der Waals surface area contributed by atoms with Crippen molar-refractivity contribution in [1.82, 2.24) is 0 Å². The molecule has 0 aromatic heterocycles. The van der Waals surface area contributed by atoms with Crippen LogP contribution in [0.15, 0.2) is 24.3 Å². The van der Waals surface area contributed by atoms with Gasteiger partial charge in [0, 0.05) is 18.4 Å². The van der Waals surface area contributed by atoms with E-state index in [1.165, 1.54) is 68.9 Å². The fourth-order valence-electron chi connectivity index (χ4n) is 3.07. The SMILES string of the molecule is CCCCCCCCCCc1ccc(C[NH2+]CCCC(C)=O)cc1. The van der Waals surface area contributed by atoms with E-state index in [1.54, 1.807) is 6.92 Å². The minimum absolute atomic E-state index is 0.300. The number of benzene rings is 1. The number of hydrogen-bond acceptors (Lipinski definition) is 1. The molecule has 0 saturated carbocycles. The molecule has 2 heteroatoms. The number of Topliss-reactive ketones (excluding diaryl/α,β-unsaturated/α-hetero) is 1. The lowest BCUT2D eigenvalue weighted by molar-refractivity contribution is -0.670. The molecule has 2 nitrogen and oxygen atoms in total. The summed E-state index contributed by atoms with van der Waals surface area (Å²) < 4.78 is 0. The van der Waals surface area contributed by atoms with Gasteiger partial charge in [-0.2, -0.15) is 0 Å². The third kappa shape index (κ3) is 11.4. The number of carbonyl (C=O) groups excluding carboxylic acids is 1. The molecule has 0 heterocycles. The summed E-state index contributed by atoms with van der Waals surface area (Å²) in [5.74, 6) is 0.300. The van der Waals surface area contributed by atoms with E-state index in [0.717, 1.165) is 19.5 Å². The minimum atomic E-state index is 0.300. The van der Waals surface area contributed by atoms with Crippen LogP contribution in [0.4, 0.5) is 0 Å². The second-order valence-corrected chi connectivity index (χ2v) is 7.13. The van der Waals surface area contributed by atoms with E-state index >= 15 is 0 Å². The average Bonchev–Trinajstić information content (AvgIpc) is 2.58. The fourth-order valence-corrected chi connectivity index (χ4v) is 3.07. The average molecular weight is 333 g/mol. The molecule has 0 atom stereocenters. The van der Waals surface area contributed by atoms with Crippen LogP contribution in [0, 0.1) is 0 Å². The first-order valence-electron chi connectivity index (χ1n) is 10.1. The molecule has 2 N–H and O–H groups in total. The number of hydrogen-bond donors (Lipinski definition) is 1. The summed E-state index contributed by atoms with van der Waals surface area (Å²) in [6.45, 7) is 6.01. The van der Waals surface area contributed by atoms with Crippen LogP contribution >= 0.6 is 0 Å². The molecule has 0 spiro atoms. The lowest BCUT2D eigenvalue weighted by Gasteiger charge is -2.05. The highest BCUT2D eigenvalue weighted by Crippen LogP contribution is 2.12. The van der Waals surface area contributed by atoms with Crippen LogP contribution in [-0.4, -0.2) is 12.3 Å². The summed E-state index contributed by atoms with van der Waals surface area (Å²) in [5, 5.41) is 2.30. The molecule has 0 unspecified atom stereocenters. The maximum atomic E-state index is 10.9. The van der Waals surface area contributed by atoms with Crippen LogP contribution in [0.5, 0.6) is 0 Å². The molecule has 0 amide bonds. The van der Waals surface area contributed by atoms with Gasteiger partial charge in [0.2, 0.25) is 0 Å². The summed E-state index contributed by atoms with van der Waals surface area (Å²) in [7, 11) is 0. The zero-order chi connectivity index (χ0) is 17.5. The Labute approximate surface area is 149 Å². The molecular formula is C22H38NO+. The Hall–Kier alpha value is -1.15. The molecule has 0 saturated heterocycles. The van der Waals surface area contributed by atoms with Crippen LogP contribution in [0.1, 0.15) is 89.2 Å². The van der Waals surface area contributed by atoms with Gasteiger partial charge in [0.25, 0.3) is 0 Å². The smallest absolute Gasteiger partial charge is 0.130 e. The van der Waals surface area contributed by atoms with Gasteiger partial charge in [-0.1, -0.05) is 76.1 Å². The van der Waals surface area contributed by atoms with Gasteiger partial charge in [-0.05, 0) is 25.3 Å². The van der Waals surface area contributed by atoms with Gasteiger partial charge in [0.15, 0.2) is 0 Å². The Morgan fingerprint density at radius 1 is 0.833 bits per heavy atom. The second kappa shape index (κ2) is 14.2. The highest BCUT2D eigenvalue weighted by Gasteiger charge is 1.99. The third-order valence-corrected chi connectivity index (χ3v) is 4.66. The van der Waals surface area contributed by atoms with Crippen LogP contribution in [-0.2, 0) is 17.8 Å². The molecule has 0 bridgehead atoms. The summed E-state index contributed by atoms with van der Waals surface area (Å²) in [5.41, 5.74) is 2.86.